The largest absolute Gasteiger partial charge is 0.504 e. The number of nitrogens with zero attached hydrogens (tertiary/aromatic N) is 1. The van der Waals surface area contributed by atoms with Crippen LogP contribution in [0.15, 0.2) is 50.4 Å². The zero-order valence-electron chi connectivity index (χ0n) is 15.4. The molecule has 1 heterocycles. The van der Waals surface area contributed by atoms with E-state index in [0.717, 1.165) is 5.39 Å². The van der Waals surface area contributed by atoms with Crippen LogP contribution in [0, 0.1) is 0 Å². The fourth-order valence-electron chi connectivity index (χ4n) is 2.53. The number of halogens is 1. The lowest BCUT2D eigenvalue weighted by atomic mass is 10.2. The van der Waals surface area contributed by atoms with Gasteiger partial charge in [0.05, 0.1) is 19.4 Å². The number of carbonyl (C=O) groups excluding carboxylic acids is 1. The second-order valence-corrected chi connectivity index (χ2v) is 6.57. The molecule has 3 rings (SSSR count). The van der Waals surface area contributed by atoms with E-state index in [2.05, 4.69) is 26.5 Å². The maximum atomic E-state index is 12.3. The Morgan fingerprint density at radius 3 is 2.75 bits per heavy atom. The third-order valence-corrected chi connectivity index (χ3v) is 4.46. The quantitative estimate of drug-likeness (QED) is 0.412. The summed E-state index contributed by atoms with van der Waals surface area (Å²) in [6.45, 7) is 4.70. The highest BCUT2D eigenvalue weighted by Gasteiger charge is 2.13. The molecule has 7 nitrogen and oxygen atoms in total. The normalized spacial score (nSPS) is 11.1. The Morgan fingerprint density at radius 1 is 1.21 bits per heavy atom. The lowest BCUT2D eigenvalue weighted by Gasteiger charge is -2.08. The minimum absolute atomic E-state index is 0.0172. The fourth-order valence-corrected chi connectivity index (χ4v) is 2.97. The van der Waals surface area contributed by atoms with Crippen molar-refractivity contribution in [2.24, 2.45) is 5.10 Å². The van der Waals surface area contributed by atoms with Crippen LogP contribution in [0.4, 0.5) is 0 Å². The van der Waals surface area contributed by atoms with E-state index in [1.807, 2.05) is 19.9 Å². The van der Waals surface area contributed by atoms with E-state index in [0.29, 0.717) is 40.3 Å². The Balaban J connectivity index is 1.73. The molecular formula is C20H19BrN2O5. The molecule has 1 aromatic heterocycles. The van der Waals surface area contributed by atoms with Crippen LogP contribution in [-0.4, -0.2) is 30.4 Å². The number of phenolic OH excluding ortho intramolecular Hbond substituents is 1. The van der Waals surface area contributed by atoms with Crippen molar-refractivity contribution in [3.05, 3.63) is 52.2 Å². The van der Waals surface area contributed by atoms with Gasteiger partial charge in [-0.1, -0.05) is 0 Å². The number of rotatable bonds is 7. The van der Waals surface area contributed by atoms with E-state index >= 15 is 0 Å². The van der Waals surface area contributed by atoms with Gasteiger partial charge >= 0.3 is 5.91 Å². The van der Waals surface area contributed by atoms with Gasteiger partial charge in [0.25, 0.3) is 0 Å². The number of benzene rings is 2. The molecule has 0 saturated heterocycles. The minimum Gasteiger partial charge on any atom is -0.504 e. The lowest BCUT2D eigenvalue weighted by molar-refractivity contribution is 0.0929. The monoisotopic (exact) mass is 446 g/mol. The van der Waals surface area contributed by atoms with Crippen molar-refractivity contribution in [2.75, 3.05) is 13.2 Å². The number of furan rings is 1. The van der Waals surface area contributed by atoms with E-state index in [-0.39, 0.29) is 11.5 Å². The predicted molar refractivity (Wildman–Crippen MR) is 109 cm³/mol. The molecule has 0 aliphatic heterocycles. The van der Waals surface area contributed by atoms with Crippen molar-refractivity contribution in [1.29, 1.82) is 0 Å². The average molecular weight is 447 g/mol. The molecule has 2 aromatic carbocycles. The van der Waals surface area contributed by atoms with Crippen LogP contribution < -0.4 is 14.9 Å². The Kier molecular flexibility index (Phi) is 6.20. The van der Waals surface area contributed by atoms with Gasteiger partial charge in [0.1, 0.15) is 11.3 Å². The number of ether oxygens (including phenoxy) is 2. The van der Waals surface area contributed by atoms with Crippen molar-refractivity contribution in [3.63, 3.8) is 0 Å². The van der Waals surface area contributed by atoms with Crippen LogP contribution in [0.3, 0.4) is 0 Å². The van der Waals surface area contributed by atoms with E-state index in [9.17, 15) is 9.90 Å². The molecule has 3 aromatic rings. The maximum absolute atomic E-state index is 12.3. The molecular weight excluding hydrogens is 428 g/mol. The van der Waals surface area contributed by atoms with E-state index in [1.54, 1.807) is 24.3 Å². The molecule has 0 fully saturated rings. The Morgan fingerprint density at radius 2 is 2.00 bits per heavy atom. The lowest BCUT2D eigenvalue weighted by Crippen LogP contribution is -2.16. The van der Waals surface area contributed by atoms with Gasteiger partial charge in [-0.15, -0.1) is 0 Å². The first-order chi connectivity index (χ1) is 13.5. The number of aromatic hydroxyl groups is 1. The molecule has 0 bridgehead atoms. The van der Waals surface area contributed by atoms with Crippen molar-refractivity contribution in [2.45, 2.75) is 13.8 Å². The summed E-state index contributed by atoms with van der Waals surface area (Å²) in [5.41, 5.74) is 3.64. The van der Waals surface area contributed by atoms with Crippen molar-refractivity contribution < 1.29 is 23.8 Å². The zero-order chi connectivity index (χ0) is 20.1. The van der Waals surface area contributed by atoms with Crippen LogP contribution in [0.1, 0.15) is 30.0 Å². The number of hydrazone groups is 1. The van der Waals surface area contributed by atoms with Gasteiger partial charge in [-0.3, -0.25) is 4.79 Å². The predicted octanol–water partition coefficient (Wildman–Crippen LogP) is 4.46. The highest BCUT2D eigenvalue weighted by atomic mass is 79.9. The summed E-state index contributed by atoms with van der Waals surface area (Å²) in [5.74, 6) is 0.721. The van der Waals surface area contributed by atoms with Crippen molar-refractivity contribution in [1.82, 2.24) is 5.43 Å². The second kappa shape index (κ2) is 8.79. The molecule has 8 heteroatoms. The van der Waals surface area contributed by atoms with Crippen molar-refractivity contribution in [3.8, 4) is 17.2 Å². The van der Waals surface area contributed by atoms with Gasteiger partial charge < -0.3 is 19.0 Å². The fraction of sp³-hybridized carbons (Fsp3) is 0.200. The van der Waals surface area contributed by atoms with Gasteiger partial charge in [0.2, 0.25) is 0 Å². The summed E-state index contributed by atoms with van der Waals surface area (Å²) in [5, 5.41) is 14.6. The zero-order valence-corrected chi connectivity index (χ0v) is 16.9. The number of phenols is 1. The number of hydrogen-bond acceptors (Lipinski definition) is 6. The number of carbonyl (C=O) groups is 1. The number of amides is 1. The number of fused-ring (bicyclic) bond motifs is 1. The molecule has 0 radical (unpaired) electrons. The second-order valence-electron chi connectivity index (χ2n) is 5.72. The van der Waals surface area contributed by atoms with Crippen LogP contribution in [0.2, 0.25) is 0 Å². The molecule has 2 N–H and O–H groups in total. The Hall–Kier alpha value is -3.00. The first kappa shape index (κ1) is 19.8. The van der Waals surface area contributed by atoms with Crippen LogP contribution in [0.5, 0.6) is 17.2 Å². The number of hydrogen-bond donors (Lipinski definition) is 2. The topological polar surface area (TPSA) is 93.3 Å². The maximum Gasteiger partial charge on any atom is 0.307 e. The average Bonchev–Trinajstić information content (AvgIpc) is 3.09. The SMILES string of the molecule is CCOc1ccc2oc(C(=O)N/N=C/c3cc(OCC)c(O)cc3Br)cc2c1. The standard InChI is InChI=1S/C20H19BrN2O5/c1-3-26-14-5-6-17-12(7-14)8-19(28-17)20(25)23-22-11-13-9-18(27-4-2)16(24)10-15(13)21/h5-11,24H,3-4H2,1-2H3,(H,23,25)/b22-11+. The summed E-state index contributed by atoms with van der Waals surface area (Å²) in [7, 11) is 0. The van der Waals surface area contributed by atoms with Crippen LogP contribution in [0.25, 0.3) is 11.0 Å². The van der Waals surface area contributed by atoms with Gasteiger partial charge in [0, 0.05) is 15.4 Å². The summed E-state index contributed by atoms with van der Waals surface area (Å²) < 4.78 is 17.0. The highest BCUT2D eigenvalue weighted by molar-refractivity contribution is 9.10. The summed E-state index contributed by atoms with van der Waals surface area (Å²) in [6.07, 6.45) is 1.44. The summed E-state index contributed by atoms with van der Waals surface area (Å²) >= 11 is 3.34. The van der Waals surface area contributed by atoms with Gasteiger partial charge in [-0.2, -0.15) is 5.10 Å². The molecule has 0 aliphatic carbocycles. The van der Waals surface area contributed by atoms with E-state index in [1.165, 1.54) is 12.3 Å². The molecule has 146 valence electrons. The van der Waals surface area contributed by atoms with Gasteiger partial charge in [-0.25, -0.2) is 5.43 Å². The minimum atomic E-state index is -0.481. The molecule has 0 spiro atoms. The van der Waals surface area contributed by atoms with E-state index in [4.69, 9.17) is 13.9 Å². The summed E-state index contributed by atoms with van der Waals surface area (Å²) in [4.78, 5) is 12.3. The Labute approximate surface area is 170 Å². The smallest absolute Gasteiger partial charge is 0.307 e. The van der Waals surface area contributed by atoms with Crippen LogP contribution >= 0.6 is 15.9 Å². The third-order valence-electron chi connectivity index (χ3n) is 3.77. The molecule has 0 unspecified atom stereocenters. The van der Waals surface area contributed by atoms with Gasteiger partial charge in [0.15, 0.2) is 17.3 Å². The molecule has 1 amide bonds. The first-order valence-electron chi connectivity index (χ1n) is 8.67. The first-order valence-corrected chi connectivity index (χ1v) is 9.46. The molecule has 0 atom stereocenters. The number of nitrogens with one attached hydrogen (secondary N) is 1. The van der Waals surface area contributed by atoms with Crippen molar-refractivity contribution >= 4 is 39.0 Å². The van der Waals surface area contributed by atoms with E-state index < -0.39 is 5.91 Å². The molecule has 28 heavy (non-hydrogen) atoms. The highest BCUT2D eigenvalue weighted by Crippen LogP contribution is 2.32. The van der Waals surface area contributed by atoms with Crippen LogP contribution in [-0.2, 0) is 0 Å². The third kappa shape index (κ3) is 4.45. The Bertz CT molecular complexity index is 1030. The molecule has 0 aliphatic rings. The van der Waals surface area contributed by atoms with Gasteiger partial charge in [-0.05, 0) is 66.2 Å². The summed E-state index contributed by atoms with van der Waals surface area (Å²) in [6, 6.07) is 10.1. The molecule has 0 saturated carbocycles.